The Bertz CT molecular complexity index is 669. The molecule has 0 spiro atoms. The zero-order valence-corrected chi connectivity index (χ0v) is 13.1. The van der Waals surface area contributed by atoms with Crippen molar-refractivity contribution in [2.24, 2.45) is 0 Å². The second kappa shape index (κ2) is 6.51. The predicted octanol–water partition coefficient (Wildman–Crippen LogP) is 2.72. The van der Waals surface area contributed by atoms with Gasteiger partial charge in [0.1, 0.15) is 11.5 Å². The van der Waals surface area contributed by atoms with Crippen molar-refractivity contribution in [2.45, 2.75) is 40.3 Å². The first-order valence-electron chi connectivity index (χ1n) is 7.11. The number of furan rings is 1. The fourth-order valence-corrected chi connectivity index (χ4v) is 2.23. The number of aryl methyl sites for hydroxylation is 1. The summed E-state index contributed by atoms with van der Waals surface area (Å²) in [6, 6.07) is 3.53. The molecule has 2 N–H and O–H groups in total. The Labute approximate surface area is 128 Å². The summed E-state index contributed by atoms with van der Waals surface area (Å²) >= 11 is 0. The second-order valence-corrected chi connectivity index (χ2v) is 5.34. The van der Waals surface area contributed by atoms with Crippen molar-refractivity contribution in [3.05, 3.63) is 46.7 Å². The summed E-state index contributed by atoms with van der Waals surface area (Å²) in [4.78, 5) is 27.3. The van der Waals surface area contributed by atoms with Crippen LogP contribution in [0.25, 0.3) is 0 Å². The zero-order valence-electron chi connectivity index (χ0n) is 13.1. The van der Waals surface area contributed by atoms with Crippen LogP contribution < -0.4 is 5.32 Å². The number of carbonyl (C=O) groups is 2. The normalized spacial score (nSPS) is 10.8. The number of ether oxygens (including phenoxy) is 1. The largest absolute Gasteiger partial charge is 0.467 e. The van der Waals surface area contributed by atoms with Gasteiger partial charge in [-0.3, -0.25) is 4.79 Å². The average molecular weight is 304 g/mol. The Kier molecular flexibility index (Phi) is 4.70. The molecule has 0 radical (unpaired) electrons. The predicted molar refractivity (Wildman–Crippen MR) is 80.7 cm³/mol. The summed E-state index contributed by atoms with van der Waals surface area (Å²) < 4.78 is 10.4. The molecular formula is C16H20N2O4. The molecule has 0 aromatic carbocycles. The Morgan fingerprint density at radius 2 is 2.09 bits per heavy atom. The summed E-state index contributed by atoms with van der Waals surface area (Å²) in [5, 5.41) is 2.75. The Balaban J connectivity index is 2.14. The minimum atomic E-state index is -0.425. The van der Waals surface area contributed by atoms with Crippen LogP contribution in [0.1, 0.15) is 51.7 Å². The van der Waals surface area contributed by atoms with Crippen molar-refractivity contribution in [1.82, 2.24) is 10.3 Å². The molecule has 0 aliphatic heterocycles. The highest BCUT2D eigenvalue weighted by Gasteiger charge is 2.23. The van der Waals surface area contributed by atoms with E-state index >= 15 is 0 Å². The first-order chi connectivity index (χ1) is 10.4. The van der Waals surface area contributed by atoms with Crippen LogP contribution in [-0.2, 0) is 11.3 Å². The van der Waals surface area contributed by atoms with Crippen LogP contribution >= 0.6 is 0 Å². The molecule has 6 heteroatoms. The van der Waals surface area contributed by atoms with E-state index in [0.717, 1.165) is 0 Å². The summed E-state index contributed by atoms with van der Waals surface area (Å²) in [6.07, 6.45) is 1.34. The van der Waals surface area contributed by atoms with E-state index in [-0.39, 0.29) is 18.6 Å². The van der Waals surface area contributed by atoms with E-state index in [1.165, 1.54) is 0 Å². The number of carbonyl (C=O) groups excluding carboxylic acids is 2. The van der Waals surface area contributed by atoms with Crippen molar-refractivity contribution in [2.75, 3.05) is 0 Å². The van der Waals surface area contributed by atoms with E-state index in [0.29, 0.717) is 28.3 Å². The van der Waals surface area contributed by atoms with E-state index < -0.39 is 5.97 Å². The molecule has 22 heavy (non-hydrogen) atoms. The number of hydrogen-bond acceptors (Lipinski definition) is 4. The topological polar surface area (TPSA) is 84.3 Å². The SMILES string of the molecule is Cc1[nH]c(C(=O)NCc2ccco2)c(C)c1C(=O)OC(C)C. The first-order valence-corrected chi connectivity index (χ1v) is 7.11. The molecule has 0 aliphatic rings. The number of H-pyrrole nitrogens is 1. The first kappa shape index (κ1) is 15.9. The fraction of sp³-hybridized carbons (Fsp3) is 0.375. The molecule has 2 aromatic rings. The number of nitrogens with one attached hydrogen (secondary N) is 2. The standard InChI is InChI=1S/C16H20N2O4/c1-9(2)22-16(20)13-10(3)14(18-11(13)4)15(19)17-8-12-6-5-7-21-12/h5-7,9,18H,8H2,1-4H3,(H,17,19). The quantitative estimate of drug-likeness (QED) is 0.832. The Morgan fingerprint density at radius 1 is 1.36 bits per heavy atom. The average Bonchev–Trinajstić information content (AvgIpc) is 3.03. The smallest absolute Gasteiger partial charge is 0.340 e. The third-order valence-electron chi connectivity index (χ3n) is 3.21. The number of amides is 1. The van der Waals surface area contributed by atoms with E-state index in [2.05, 4.69) is 10.3 Å². The maximum atomic E-state index is 12.2. The summed E-state index contributed by atoms with van der Waals surface area (Å²) in [5.41, 5.74) is 1.98. The zero-order chi connectivity index (χ0) is 16.3. The number of esters is 1. The molecule has 2 rings (SSSR count). The van der Waals surface area contributed by atoms with E-state index in [1.807, 2.05) is 0 Å². The van der Waals surface area contributed by atoms with E-state index in [4.69, 9.17) is 9.15 Å². The van der Waals surface area contributed by atoms with Crippen LogP contribution in [0.4, 0.5) is 0 Å². The molecule has 118 valence electrons. The van der Waals surface area contributed by atoms with E-state index in [1.54, 1.807) is 46.1 Å². The molecule has 0 aliphatic carbocycles. The van der Waals surface area contributed by atoms with Gasteiger partial charge >= 0.3 is 5.97 Å². The molecular weight excluding hydrogens is 284 g/mol. The highest BCUT2D eigenvalue weighted by molar-refractivity contribution is 6.00. The van der Waals surface area contributed by atoms with E-state index in [9.17, 15) is 9.59 Å². The van der Waals surface area contributed by atoms with Gasteiger partial charge in [-0.15, -0.1) is 0 Å². The minimum absolute atomic E-state index is 0.211. The molecule has 0 bridgehead atoms. The lowest BCUT2D eigenvalue weighted by Crippen LogP contribution is -2.23. The molecule has 2 heterocycles. The van der Waals surface area contributed by atoms with Gasteiger partial charge in [0.05, 0.1) is 24.5 Å². The molecule has 0 saturated carbocycles. The van der Waals surface area contributed by atoms with Crippen LogP contribution in [0.2, 0.25) is 0 Å². The number of hydrogen-bond donors (Lipinski definition) is 2. The van der Waals surface area contributed by atoms with Crippen LogP contribution in [0.3, 0.4) is 0 Å². The van der Waals surface area contributed by atoms with Gasteiger partial charge in [0.15, 0.2) is 0 Å². The van der Waals surface area contributed by atoms with Crippen molar-refractivity contribution in [3.8, 4) is 0 Å². The lowest BCUT2D eigenvalue weighted by Gasteiger charge is -2.08. The molecule has 1 amide bonds. The van der Waals surface area contributed by atoms with Gasteiger partial charge in [-0.1, -0.05) is 0 Å². The van der Waals surface area contributed by atoms with Crippen molar-refractivity contribution in [3.63, 3.8) is 0 Å². The summed E-state index contributed by atoms with van der Waals surface area (Å²) in [7, 11) is 0. The highest BCUT2D eigenvalue weighted by atomic mass is 16.5. The maximum absolute atomic E-state index is 12.2. The van der Waals surface area contributed by atoms with Gasteiger partial charge in [-0.2, -0.15) is 0 Å². The van der Waals surface area contributed by atoms with Crippen molar-refractivity contribution < 1.29 is 18.7 Å². The van der Waals surface area contributed by atoms with Gasteiger partial charge in [-0.25, -0.2) is 4.79 Å². The van der Waals surface area contributed by atoms with Crippen LogP contribution in [0.15, 0.2) is 22.8 Å². The monoisotopic (exact) mass is 304 g/mol. The minimum Gasteiger partial charge on any atom is -0.467 e. The number of aromatic amines is 1. The Morgan fingerprint density at radius 3 is 2.68 bits per heavy atom. The molecule has 6 nitrogen and oxygen atoms in total. The third kappa shape index (κ3) is 3.39. The number of rotatable bonds is 5. The van der Waals surface area contributed by atoms with Crippen LogP contribution in [0.5, 0.6) is 0 Å². The molecule has 0 unspecified atom stereocenters. The van der Waals surface area contributed by atoms with Crippen LogP contribution in [0, 0.1) is 13.8 Å². The fourth-order valence-electron chi connectivity index (χ4n) is 2.23. The molecule has 0 fully saturated rings. The van der Waals surface area contributed by atoms with Gasteiger partial charge in [0.25, 0.3) is 5.91 Å². The molecule has 0 saturated heterocycles. The summed E-state index contributed by atoms with van der Waals surface area (Å²) in [5.74, 6) is -0.0550. The van der Waals surface area contributed by atoms with Crippen molar-refractivity contribution in [1.29, 1.82) is 0 Å². The van der Waals surface area contributed by atoms with Crippen molar-refractivity contribution >= 4 is 11.9 Å². The Hall–Kier alpha value is -2.50. The van der Waals surface area contributed by atoms with Gasteiger partial charge in [-0.05, 0) is 45.4 Å². The number of aromatic nitrogens is 1. The van der Waals surface area contributed by atoms with Gasteiger partial charge in [0, 0.05) is 5.69 Å². The summed E-state index contributed by atoms with van der Waals surface area (Å²) in [6.45, 7) is 7.32. The van der Waals surface area contributed by atoms with Gasteiger partial charge in [0.2, 0.25) is 0 Å². The third-order valence-corrected chi connectivity index (χ3v) is 3.21. The van der Waals surface area contributed by atoms with Gasteiger partial charge < -0.3 is 19.5 Å². The maximum Gasteiger partial charge on any atom is 0.340 e. The lowest BCUT2D eigenvalue weighted by atomic mass is 10.1. The lowest BCUT2D eigenvalue weighted by molar-refractivity contribution is 0.0376. The van der Waals surface area contributed by atoms with Crippen LogP contribution in [-0.4, -0.2) is 23.0 Å². The molecule has 0 atom stereocenters. The second-order valence-electron chi connectivity index (χ2n) is 5.34. The molecule has 2 aromatic heterocycles. The highest BCUT2D eigenvalue weighted by Crippen LogP contribution is 2.19.